The minimum Gasteiger partial charge on any atom is -0.377 e. The van der Waals surface area contributed by atoms with Gasteiger partial charge in [0.1, 0.15) is 0 Å². The molecule has 1 N–H and O–H groups in total. The zero-order valence-electron chi connectivity index (χ0n) is 28.3. The normalized spacial score (nSPS) is 23.6. The van der Waals surface area contributed by atoms with Gasteiger partial charge in [0.05, 0.1) is 6.04 Å². The van der Waals surface area contributed by atoms with Gasteiger partial charge < -0.3 is 9.88 Å². The van der Waals surface area contributed by atoms with E-state index in [4.69, 9.17) is 5.87 Å². The van der Waals surface area contributed by atoms with Gasteiger partial charge in [-0.15, -0.1) is 0 Å². The second-order valence-electron chi connectivity index (χ2n) is 14.9. The maximum absolute atomic E-state index is 4.86. The topological polar surface area (TPSA) is 17.0 Å². The molecular formula is C46H40N2S. The molecule has 2 heterocycles. The summed E-state index contributed by atoms with van der Waals surface area (Å²) >= 11 is 0. The molecule has 240 valence electrons. The molecule has 0 saturated carbocycles. The lowest BCUT2D eigenvalue weighted by Crippen LogP contribution is -2.30. The van der Waals surface area contributed by atoms with Crippen LogP contribution in [-0.2, 0) is 12.5 Å². The first kappa shape index (κ1) is 29.1. The van der Waals surface area contributed by atoms with E-state index in [2.05, 4.69) is 164 Å². The fourth-order valence-corrected chi connectivity index (χ4v) is 11.8. The quantitative estimate of drug-likeness (QED) is 0.188. The molecule has 10 rings (SSSR count). The highest BCUT2D eigenvalue weighted by atomic mass is 32.2. The van der Waals surface area contributed by atoms with Gasteiger partial charge in [-0.3, -0.25) is 0 Å². The summed E-state index contributed by atoms with van der Waals surface area (Å²) in [6.45, 7) is 4.90. The van der Waals surface area contributed by atoms with Crippen molar-refractivity contribution in [3.8, 4) is 0 Å². The van der Waals surface area contributed by atoms with Crippen molar-refractivity contribution < 1.29 is 0 Å². The molecule has 6 aromatic rings. The van der Waals surface area contributed by atoms with Crippen LogP contribution in [0.15, 0.2) is 144 Å². The molecule has 2 nitrogen and oxygen atoms in total. The molecule has 49 heavy (non-hydrogen) atoms. The zero-order valence-corrected chi connectivity index (χ0v) is 29.1. The Balaban J connectivity index is 1.16. The lowest BCUT2D eigenvalue weighted by atomic mass is 9.74. The molecule has 4 unspecified atom stereocenters. The van der Waals surface area contributed by atoms with E-state index in [-0.39, 0.29) is 21.9 Å². The van der Waals surface area contributed by atoms with Crippen LogP contribution in [0, 0.1) is 5.92 Å². The Bertz CT molecular complexity index is 2540. The molecule has 0 amide bonds. The van der Waals surface area contributed by atoms with E-state index in [0.29, 0.717) is 17.1 Å². The van der Waals surface area contributed by atoms with Crippen molar-refractivity contribution in [1.29, 1.82) is 0 Å². The standard InChI is InChI=1S/C46H40N2S/c1-46(2)37-26-23-28-13-5-6-14-30(28)42(37)33-25-24-29(27-38(33)46)47-44(35-18-12-21-40-43(35)34-16-7-9-20-39(34)48(40)3)36-19-11-17-32-31-15-8-10-22-41(31)49(4)45(32)36/h5-26,31,38,41,44,47H,4,27H2,1-3H3/t31?,38?,41-,44?,49?/m0/s1. The summed E-state index contributed by atoms with van der Waals surface area (Å²) < 4.78 is 2.36. The van der Waals surface area contributed by atoms with Crippen molar-refractivity contribution in [2.45, 2.75) is 47.8 Å². The van der Waals surface area contributed by atoms with Gasteiger partial charge in [0.15, 0.2) is 0 Å². The monoisotopic (exact) mass is 652 g/mol. The largest absolute Gasteiger partial charge is 0.377 e. The zero-order chi connectivity index (χ0) is 33.0. The predicted octanol–water partition coefficient (Wildman–Crippen LogP) is 11.1. The van der Waals surface area contributed by atoms with Crippen LogP contribution in [0.25, 0.3) is 38.2 Å². The highest BCUT2D eigenvalue weighted by Crippen LogP contribution is 2.57. The molecule has 0 saturated heterocycles. The first-order chi connectivity index (χ1) is 23.9. The maximum Gasteiger partial charge on any atom is 0.0782 e. The second-order valence-corrected chi connectivity index (χ2v) is 16.7. The first-order valence-electron chi connectivity index (χ1n) is 17.6. The smallest absolute Gasteiger partial charge is 0.0782 e. The molecule has 0 radical (unpaired) electrons. The van der Waals surface area contributed by atoms with Gasteiger partial charge in [0.25, 0.3) is 0 Å². The maximum atomic E-state index is 4.86. The van der Waals surface area contributed by atoms with Crippen LogP contribution < -0.4 is 5.32 Å². The van der Waals surface area contributed by atoms with Gasteiger partial charge in [-0.1, -0.05) is 135 Å². The fraction of sp³-hybridized carbons (Fsp3) is 0.196. The summed E-state index contributed by atoms with van der Waals surface area (Å²) in [6.07, 6.45) is 15.0. The summed E-state index contributed by atoms with van der Waals surface area (Å²) in [6, 6.07) is 36.3. The van der Waals surface area contributed by atoms with Crippen LogP contribution >= 0.6 is 10.5 Å². The van der Waals surface area contributed by atoms with Gasteiger partial charge >= 0.3 is 0 Å². The molecule has 5 atom stereocenters. The molecular weight excluding hydrogens is 613 g/mol. The number of benzene rings is 5. The average molecular weight is 653 g/mol. The van der Waals surface area contributed by atoms with Crippen LogP contribution in [0.2, 0.25) is 0 Å². The van der Waals surface area contributed by atoms with E-state index in [1.54, 1.807) is 0 Å². The summed E-state index contributed by atoms with van der Waals surface area (Å²) in [4.78, 5) is 1.44. The molecule has 4 aliphatic rings. The minimum atomic E-state index is -0.154. The van der Waals surface area contributed by atoms with Crippen molar-refractivity contribution in [2.75, 3.05) is 0 Å². The summed E-state index contributed by atoms with van der Waals surface area (Å²) in [7, 11) is 2.05. The first-order valence-corrected chi connectivity index (χ1v) is 19.0. The van der Waals surface area contributed by atoms with Crippen LogP contribution in [0.3, 0.4) is 0 Å². The summed E-state index contributed by atoms with van der Waals surface area (Å²) in [5, 5.41) is 10.0. The van der Waals surface area contributed by atoms with Crippen molar-refractivity contribution >= 4 is 54.5 Å². The highest BCUT2D eigenvalue weighted by molar-refractivity contribution is 8.15. The molecule has 0 bridgehead atoms. The van der Waals surface area contributed by atoms with Gasteiger partial charge in [0.2, 0.25) is 0 Å². The molecule has 5 aromatic carbocycles. The third-order valence-corrected chi connectivity index (χ3v) is 14.2. The summed E-state index contributed by atoms with van der Waals surface area (Å²) in [5.74, 6) is 5.65. The molecule has 1 aromatic heterocycles. The Kier molecular flexibility index (Phi) is 6.27. The fourth-order valence-electron chi connectivity index (χ4n) is 9.65. The van der Waals surface area contributed by atoms with Crippen molar-refractivity contribution in [2.24, 2.45) is 13.0 Å². The van der Waals surface area contributed by atoms with E-state index in [1.807, 2.05) is 0 Å². The van der Waals surface area contributed by atoms with Crippen molar-refractivity contribution in [1.82, 2.24) is 9.88 Å². The van der Waals surface area contributed by atoms with E-state index in [9.17, 15) is 0 Å². The molecule has 3 heteroatoms. The SMILES string of the molecule is C=S1c2c(C(NC3=CC=C4c5c(ccc6ccccc56)C(C)(C)C4C3)c3cccc4c3c3ccccc3n4C)cccc2C2C=CC=C[C@@H]21. The van der Waals surface area contributed by atoms with Gasteiger partial charge in [-0.2, -0.15) is 10.5 Å². The number of hydrogen-bond acceptors (Lipinski definition) is 1. The number of aryl methyl sites for hydroxylation is 1. The number of fused-ring (bicyclic) bond motifs is 11. The van der Waals surface area contributed by atoms with Crippen LogP contribution in [-0.4, -0.2) is 15.7 Å². The number of nitrogens with one attached hydrogen (secondary N) is 1. The Morgan fingerprint density at radius 1 is 0.796 bits per heavy atom. The number of hydrogen-bond donors (Lipinski definition) is 1. The number of nitrogens with zero attached hydrogens (tertiary/aromatic N) is 1. The van der Waals surface area contributed by atoms with Crippen LogP contribution in [0.4, 0.5) is 0 Å². The lowest BCUT2D eigenvalue weighted by molar-refractivity contribution is 0.398. The van der Waals surface area contributed by atoms with E-state index < -0.39 is 0 Å². The number of para-hydroxylation sites is 1. The van der Waals surface area contributed by atoms with E-state index >= 15 is 0 Å². The third kappa shape index (κ3) is 4.06. The van der Waals surface area contributed by atoms with Gasteiger partial charge in [-0.25, -0.2) is 0 Å². The average Bonchev–Trinajstić information content (AvgIpc) is 3.69. The highest BCUT2D eigenvalue weighted by Gasteiger charge is 2.45. The minimum absolute atomic E-state index is 0.0248. The van der Waals surface area contributed by atoms with Crippen LogP contribution in [0.5, 0.6) is 0 Å². The molecule has 1 aliphatic heterocycles. The Hall–Kier alpha value is -4.86. The third-order valence-electron chi connectivity index (χ3n) is 12.1. The van der Waals surface area contributed by atoms with Crippen molar-refractivity contribution in [3.63, 3.8) is 0 Å². The lowest BCUT2D eigenvalue weighted by Gasteiger charge is -2.34. The molecule has 0 fully saturated rings. The number of allylic oxidation sites excluding steroid dienone is 7. The Labute approximate surface area is 291 Å². The number of rotatable bonds is 4. The van der Waals surface area contributed by atoms with E-state index in [0.717, 1.165) is 6.42 Å². The van der Waals surface area contributed by atoms with E-state index in [1.165, 1.54) is 76.6 Å². The molecule has 0 spiro atoms. The summed E-state index contributed by atoms with van der Waals surface area (Å²) in [5.41, 5.74) is 12.4. The van der Waals surface area contributed by atoms with Gasteiger partial charge in [-0.05, 0) is 80.1 Å². The van der Waals surface area contributed by atoms with Crippen molar-refractivity contribution in [3.05, 3.63) is 167 Å². The second kappa shape index (κ2) is 10.6. The predicted molar refractivity (Wildman–Crippen MR) is 211 cm³/mol. The molecule has 3 aliphatic carbocycles. The van der Waals surface area contributed by atoms with Crippen LogP contribution in [0.1, 0.15) is 60.0 Å². The number of aromatic nitrogens is 1. The Morgan fingerprint density at radius 3 is 2.45 bits per heavy atom. The van der Waals surface area contributed by atoms with Gasteiger partial charge in [0, 0.05) is 50.6 Å². The Morgan fingerprint density at radius 2 is 1.55 bits per heavy atom.